The van der Waals surface area contributed by atoms with Gasteiger partial charge in [0.05, 0.1) is 12.1 Å². The zero-order valence-electron chi connectivity index (χ0n) is 12.5. The summed E-state index contributed by atoms with van der Waals surface area (Å²) in [5.41, 5.74) is 0.622. The number of benzene rings is 1. The molecule has 1 heterocycles. The minimum atomic E-state index is -0.327. The van der Waals surface area contributed by atoms with E-state index in [9.17, 15) is 4.79 Å². The third-order valence-corrected chi connectivity index (χ3v) is 3.01. The Balaban J connectivity index is 2.07. The first kappa shape index (κ1) is 14.5. The topological polar surface area (TPSA) is 49.0 Å². The normalized spacial score (nSPS) is 11.8. The van der Waals surface area contributed by atoms with E-state index >= 15 is 0 Å². The van der Waals surface area contributed by atoms with Crippen molar-refractivity contribution in [3.05, 3.63) is 52.2 Å². The SMILES string of the molecule is Cc1nn(C(C)(C)C)c(=O)n1COCc1ccccc1. The standard InChI is InChI=1S/C15H21N3O2/c1-12-16-18(15(2,3)4)14(19)17(12)11-20-10-13-8-6-5-7-9-13/h5-9H,10-11H2,1-4H3. The molecule has 0 saturated carbocycles. The van der Waals surface area contributed by atoms with E-state index in [2.05, 4.69) is 5.10 Å². The monoisotopic (exact) mass is 275 g/mol. The molecule has 108 valence electrons. The number of ether oxygens (including phenoxy) is 1. The van der Waals surface area contributed by atoms with Gasteiger partial charge in [-0.15, -0.1) is 0 Å². The van der Waals surface area contributed by atoms with Gasteiger partial charge in [-0.1, -0.05) is 30.3 Å². The average Bonchev–Trinajstić information content (AvgIpc) is 2.67. The van der Waals surface area contributed by atoms with Crippen molar-refractivity contribution in [3.8, 4) is 0 Å². The van der Waals surface area contributed by atoms with Crippen LogP contribution in [0.15, 0.2) is 35.1 Å². The maximum Gasteiger partial charge on any atom is 0.348 e. The molecule has 0 atom stereocenters. The van der Waals surface area contributed by atoms with Gasteiger partial charge in [0, 0.05) is 0 Å². The Morgan fingerprint density at radius 3 is 2.40 bits per heavy atom. The van der Waals surface area contributed by atoms with Crippen LogP contribution in [-0.2, 0) is 23.6 Å². The molecule has 0 bridgehead atoms. The van der Waals surface area contributed by atoms with Gasteiger partial charge in [0.25, 0.3) is 0 Å². The molecule has 0 spiro atoms. The molecule has 0 fully saturated rings. The van der Waals surface area contributed by atoms with Crippen molar-refractivity contribution < 1.29 is 4.74 Å². The molecule has 0 unspecified atom stereocenters. The van der Waals surface area contributed by atoms with Crippen molar-refractivity contribution in [2.45, 2.75) is 46.6 Å². The molecule has 0 amide bonds. The second kappa shape index (κ2) is 5.63. The molecule has 0 N–H and O–H groups in total. The minimum absolute atomic E-state index is 0.136. The highest BCUT2D eigenvalue weighted by Gasteiger charge is 2.20. The van der Waals surface area contributed by atoms with Gasteiger partial charge < -0.3 is 4.74 Å². The molecule has 5 heteroatoms. The fourth-order valence-corrected chi connectivity index (χ4v) is 1.91. The van der Waals surface area contributed by atoms with Crippen LogP contribution in [0, 0.1) is 6.92 Å². The van der Waals surface area contributed by atoms with Crippen LogP contribution in [0.5, 0.6) is 0 Å². The number of hydrogen-bond acceptors (Lipinski definition) is 3. The molecule has 5 nitrogen and oxygen atoms in total. The molecule has 2 aromatic rings. The summed E-state index contributed by atoms with van der Waals surface area (Å²) in [6.45, 7) is 8.38. The fourth-order valence-electron chi connectivity index (χ4n) is 1.91. The van der Waals surface area contributed by atoms with E-state index < -0.39 is 0 Å². The van der Waals surface area contributed by atoms with Crippen LogP contribution in [0.2, 0.25) is 0 Å². The molecule has 20 heavy (non-hydrogen) atoms. The van der Waals surface area contributed by atoms with Crippen LogP contribution >= 0.6 is 0 Å². The third-order valence-electron chi connectivity index (χ3n) is 3.01. The Bertz CT molecular complexity index is 621. The second-order valence-corrected chi connectivity index (χ2v) is 5.80. The van der Waals surface area contributed by atoms with E-state index in [0.717, 1.165) is 5.56 Å². The second-order valence-electron chi connectivity index (χ2n) is 5.80. The molecular weight excluding hydrogens is 254 g/mol. The molecule has 0 radical (unpaired) electrons. The van der Waals surface area contributed by atoms with Crippen molar-refractivity contribution in [3.63, 3.8) is 0 Å². The van der Waals surface area contributed by atoms with Crippen molar-refractivity contribution in [1.82, 2.24) is 14.3 Å². The lowest BCUT2D eigenvalue weighted by atomic mass is 10.1. The Hall–Kier alpha value is -1.88. The van der Waals surface area contributed by atoms with Gasteiger partial charge in [-0.25, -0.2) is 9.48 Å². The lowest BCUT2D eigenvalue weighted by Crippen LogP contribution is -2.36. The van der Waals surface area contributed by atoms with Gasteiger partial charge >= 0.3 is 5.69 Å². The van der Waals surface area contributed by atoms with Crippen LogP contribution in [0.3, 0.4) is 0 Å². The Morgan fingerprint density at radius 2 is 1.85 bits per heavy atom. The Morgan fingerprint density at radius 1 is 1.20 bits per heavy atom. The summed E-state index contributed by atoms with van der Waals surface area (Å²) in [7, 11) is 0. The summed E-state index contributed by atoms with van der Waals surface area (Å²) < 4.78 is 8.65. The molecule has 0 aliphatic heterocycles. The number of hydrogen-bond donors (Lipinski definition) is 0. The van der Waals surface area contributed by atoms with Gasteiger partial charge in [0.2, 0.25) is 0 Å². The number of nitrogens with zero attached hydrogens (tertiary/aromatic N) is 3. The quantitative estimate of drug-likeness (QED) is 0.860. The van der Waals surface area contributed by atoms with Crippen molar-refractivity contribution in [2.75, 3.05) is 0 Å². The highest BCUT2D eigenvalue weighted by atomic mass is 16.5. The average molecular weight is 275 g/mol. The van der Waals surface area contributed by atoms with Gasteiger partial charge in [-0.2, -0.15) is 5.10 Å². The largest absolute Gasteiger partial charge is 0.356 e. The highest BCUT2D eigenvalue weighted by Crippen LogP contribution is 2.09. The zero-order chi connectivity index (χ0) is 14.8. The predicted molar refractivity (Wildman–Crippen MR) is 77.5 cm³/mol. The number of aromatic nitrogens is 3. The third kappa shape index (κ3) is 3.17. The minimum Gasteiger partial charge on any atom is -0.356 e. The van der Waals surface area contributed by atoms with Gasteiger partial charge in [0.15, 0.2) is 0 Å². The van der Waals surface area contributed by atoms with E-state index in [1.165, 1.54) is 4.68 Å². The van der Waals surface area contributed by atoms with E-state index in [4.69, 9.17) is 4.74 Å². The summed E-state index contributed by atoms with van der Waals surface area (Å²) in [6.07, 6.45) is 0. The molecule has 0 aliphatic rings. The van der Waals surface area contributed by atoms with Gasteiger partial charge in [0.1, 0.15) is 12.6 Å². The first-order valence-corrected chi connectivity index (χ1v) is 6.68. The predicted octanol–water partition coefficient (Wildman–Crippen LogP) is 2.28. The van der Waals surface area contributed by atoms with Crippen LogP contribution in [0.25, 0.3) is 0 Å². The maximum atomic E-state index is 12.3. The summed E-state index contributed by atoms with van der Waals surface area (Å²) >= 11 is 0. The molecule has 1 aromatic carbocycles. The van der Waals surface area contributed by atoms with Gasteiger partial charge in [-0.3, -0.25) is 4.57 Å². The van der Waals surface area contributed by atoms with Gasteiger partial charge in [-0.05, 0) is 33.3 Å². The molecule has 1 aromatic heterocycles. The van der Waals surface area contributed by atoms with Crippen molar-refractivity contribution in [1.29, 1.82) is 0 Å². The first-order valence-electron chi connectivity index (χ1n) is 6.68. The lowest BCUT2D eigenvalue weighted by molar-refractivity contribution is 0.0598. The summed E-state index contributed by atoms with van der Waals surface area (Å²) in [5.74, 6) is 0.665. The lowest BCUT2D eigenvalue weighted by Gasteiger charge is -2.16. The van der Waals surface area contributed by atoms with E-state index in [1.54, 1.807) is 4.57 Å². The number of aryl methyl sites for hydroxylation is 1. The zero-order valence-corrected chi connectivity index (χ0v) is 12.5. The van der Waals surface area contributed by atoms with Crippen LogP contribution in [0.4, 0.5) is 0 Å². The molecular formula is C15H21N3O2. The summed E-state index contributed by atoms with van der Waals surface area (Å²) in [5, 5.41) is 4.29. The Labute approximate surface area is 118 Å². The summed E-state index contributed by atoms with van der Waals surface area (Å²) in [6, 6.07) is 9.88. The fraction of sp³-hybridized carbons (Fsp3) is 0.467. The van der Waals surface area contributed by atoms with Crippen LogP contribution in [-0.4, -0.2) is 14.3 Å². The maximum absolute atomic E-state index is 12.3. The molecule has 0 saturated heterocycles. The highest BCUT2D eigenvalue weighted by molar-refractivity contribution is 5.13. The molecule has 2 rings (SSSR count). The van der Waals surface area contributed by atoms with E-state index in [-0.39, 0.29) is 18.0 Å². The van der Waals surface area contributed by atoms with E-state index in [1.807, 2.05) is 58.0 Å². The van der Waals surface area contributed by atoms with Crippen molar-refractivity contribution >= 4 is 0 Å². The smallest absolute Gasteiger partial charge is 0.348 e. The molecule has 0 aliphatic carbocycles. The summed E-state index contributed by atoms with van der Waals surface area (Å²) in [4.78, 5) is 12.3. The Kier molecular flexibility index (Phi) is 4.09. The van der Waals surface area contributed by atoms with Crippen molar-refractivity contribution in [2.24, 2.45) is 0 Å². The number of rotatable bonds is 4. The van der Waals surface area contributed by atoms with E-state index in [0.29, 0.717) is 12.4 Å². The first-order chi connectivity index (χ1) is 9.39. The van der Waals surface area contributed by atoms with Crippen LogP contribution in [0.1, 0.15) is 32.2 Å². The van der Waals surface area contributed by atoms with Crippen LogP contribution < -0.4 is 5.69 Å².